The molecule has 1 aliphatic heterocycles. The third-order valence-corrected chi connectivity index (χ3v) is 6.47. The van der Waals surface area contributed by atoms with E-state index in [4.69, 9.17) is 32.4 Å². The van der Waals surface area contributed by atoms with Crippen molar-refractivity contribution in [3.8, 4) is 17.1 Å². The first kappa shape index (κ1) is 25.3. The predicted octanol–water partition coefficient (Wildman–Crippen LogP) is 5.85. The Morgan fingerprint density at radius 2 is 1.94 bits per heavy atom. The summed E-state index contributed by atoms with van der Waals surface area (Å²) in [6, 6.07) is 11.6. The fourth-order valence-electron chi connectivity index (χ4n) is 3.24. The second kappa shape index (κ2) is 10.4. The molecule has 0 radical (unpaired) electrons. The molecule has 3 aromatic rings. The third kappa shape index (κ3) is 5.38. The second-order valence-corrected chi connectivity index (χ2v) is 9.10. The van der Waals surface area contributed by atoms with Crippen LogP contribution < -0.4 is 10.1 Å². The molecule has 3 amide bonds. The lowest BCUT2D eigenvalue weighted by atomic mass is 10.1. The zero-order valence-corrected chi connectivity index (χ0v) is 20.6. The average molecular weight is 548 g/mol. The summed E-state index contributed by atoms with van der Waals surface area (Å²) in [7, 11) is 1.46. The first-order valence-corrected chi connectivity index (χ1v) is 11.7. The van der Waals surface area contributed by atoms with Gasteiger partial charge in [0.1, 0.15) is 23.8 Å². The van der Waals surface area contributed by atoms with Gasteiger partial charge in [-0.05, 0) is 48.2 Å². The van der Waals surface area contributed by atoms with Crippen LogP contribution in [0.4, 0.5) is 16.2 Å². The highest BCUT2D eigenvalue weighted by molar-refractivity contribution is 8.18. The Labute approximate surface area is 217 Å². The number of hydrogen-bond donors (Lipinski definition) is 1. The number of halogens is 2. The molecule has 184 valence electrons. The SMILES string of the molecule is COc1ccc(NC(=O)CN2C(=O)S/C(=C/c3ccc(-c4cc([N+](=O)[O-])ccc4Cl)o3)C2=O)cc1Cl. The largest absolute Gasteiger partial charge is 0.495 e. The Morgan fingerprint density at radius 3 is 2.64 bits per heavy atom. The zero-order chi connectivity index (χ0) is 26.0. The van der Waals surface area contributed by atoms with E-state index in [2.05, 4.69) is 5.32 Å². The summed E-state index contributed by atoms with van der Waals surface area (Å²) in [5, 5.41) is 13.5. The Balaban J connectivity index is 1.47. The van der Waals surface area contributed by atoms with E-state index in [-0.39, 0.29) is 32.2 Å². The van der Waals surface area contributed by atoms with Crippen molar-refractivity contribution >= 4 is 69.5 Å². The number of amides is 3. The van der Waals surface area contributed by atoms with Gasteiger partial charge in [0.25, 0.3) is 16.8 Å². The van der Waals surface area contributed by atoms with Gasteiger partial charge in [-0.15, -0.1) is 0 Å². The van der Waals surface area contributed by atoms with E-state index in [9.17, 15) is 24.5 Å². The van der Waals surface area contributed by atoms with Crippen LogP contribution in [-0.4, -0.2) is 40.5 Å². The van der Waals surface area contributed by atoms with Gasteiger partial charge < -0.3 is 14.5 Å². The molecule has 0 spiro atoms. The molecule has 2 aromatic carbocycles. The highest BCUT2D eigenvalue weighted by Gasteiger charge is 2.36. The minimum atomic E-state index is -0.667. The van der Waals surface area contributed by atoms with Gasteiger partial charge in [-0.25, -0.2) is 0 Å². The molecule has 1 saturated heterocycles. The lowest BCUT2D eigenvalue weighted by Crippen LogP contribution is -2.36. The van der Waals surface area contributed by atoms with Crippen LogP contribution in [0.3, 0.4) is 0 Å². The number of nitrogens with one attached hydrogen (secondary N) is 1. The maximum absolute atomic E-state index is 12.8. The van der Waals surface area contributed by atoms with E-state index in [0.29, 0.717) is 28.8 Å². The Kier molecular flexibility index (Phi) is 7.34. The Morgan fingerprint density at radius 1 is 1.17 bits per heavy atom. The highest BCUT2D eigenvalue weighted by atomic mass is 35.5. The molecule has 1 N–H and O–H groups in total. The number of nitro groups is 1. The molecule has 1 fully saturated rings. The standard InChI is InChI=1S/C23H15Cl2N3O7S/c1-34-19-6-2-12(8-17(19)25)26-21(29)11-27-22(30)20(36-23(27)31)10-14-4-7-18(35-14)15-9-13(28(32)33)3-5-16(15)24/h2-10H,11H2,1H3,(H,26,29)/b20-10+. The van der Waals surface area contributed by atoms with Gasteiger partial charge >= 0.3 is 0 Å². The lowest BCUT2D eigenvalue weighted by molar-refractivity contribution is -0.384. The maximum Gasteiger partial charge on any atom is 0.294 e. The van der Waals surface area contributed by atoms with E-state index < -0.39 is 28.5 Å². The summed E-state index contributed by atoms with van der Waals surface area (Å²) in [6.07, 6.45) is 1.35. The normalized spacial score (nSPS) is 14.4. The number of non-ortho nitro benzene ring substituents is 1. The Bertz CT molecular complexity index is 1440. The van der Waals surface area contributed by atoms with Gasteiger partial charge in [-0.3, -0.25) is 29.4 Å². The van der Waals surface area contributed by atoms with Crippen molar-refractivity contribution in [2.75, 3.05) is 19.0 Å². The van der Waals surface area contributed by atoms with Crippen molar-refractivity contribution < 1.29 is 28.5 Å². The number of imide groups is 1. The lowest BCUT2D eigenvalue weighted by Gasteiger charge is -2.13. The smallest absolute Gasteiger partial charge is 0.294 e. The van der Waals surface area contributed by atoms with Crippen molar-refractivity contribution in [1.82, 2.24) is 4.90 Å². The first-order valence-electron chi connectivity index (χ1n) is 10.1. The van der Waals surface area contributed by atoms with E-state index in [1.54, 1.807) is 12.1 Å². The van der Waals surface area contributed by atoms with Crippen molar-refractivity contribution in [3.05, 3.63) is 79.4 Å². The number of ether oxygens (including phenoxy) is 1. The minimum Gasteiger partial charge on any atom is -0.495 e. The fourth-order valence-corrected chi connectivity index (χ4v) is 4.53. The third-order valence-electron chi connectivity index (χ3n) is 4.94. The molecule has 1 aromatic heterocycles. The number of furan rings is 1. The van der Waals surface area contributed by atoms with Crippen LogP contribution in [0.1, 0.15) is 5.76 Å². The molecule has 0 saturated carbocycles. The summed E-state index contributed by atoms with van der Waals surface area (Å²) in [4.78, 5) is 48.9. The number of rotatable bonds is 7. The number of hydrogen-bond acceptors (Lipinski definition) is 8. The molecule has 0 bridgehead atoms. The topological polar surface area (TPSA) is 132 Å². The van der Waals surface area contributed by atoms with Crippen LogP contribution in [0.25, 0.3) is 17.4 Å². The summed E-state index contributed by atoms with van der Waals surface area (Å²) in [6.45, 7) is -0.502. The molecule has 13 heteroatoms. The molecule has 0 aliphatic carbocycles. The molecule has 4 rings (SSSR count). The number of nitro benzene ring substituents is 1. The number of methoxy groups -OCH3 is 1. The number of anilines is 1. The molecule has 0 atom stereocenters. The average Bonchev–Trinajstić information content (AvgIpc) is 3.39. The monoisotopic (exact) mass is 547 g/mol. The van der Waals surface area contributed by atoms with Crippen molar-refractivity contribution in [1.29, 1.82) is 0 Å². The van der Waals surface area contributed by atoms with Crippen LogP contribution in [0, 0.1) is 10.1 Å². The van der Waals surface area contributed by atoms with Crippen LogP contribution in [-0.2, 0) is 9.59 Å². The van der Waals surface area contributed by atoms with E-state index >= 15 is 0 Å². The van der Waals surface area contributed by atoms with Crippen molar-refractivity contribution in [2.24, 2.45) is 0 Å². The molecular weight excluding hydrogens is 533 g/mol. The Hall–Kier alpha value is -3.80. The summed E-state index contributed by atoms with van der Waals surface area (Å²) in [5.74, 6) is -0.374. The van der Waals surface area contributed by atoms with Gasteiger partial charge in [0.2, 0.25) is 5.91 Å². The molecule has 10 nitrogen and oxygen atoms in total. The van der Waals surface area contributed by atoms with Crippen molar-refractivity contribution in [3.63, 3.8) is 0 Å². The van der Waals surface area contributed by atoms with E-state index in [0.717, 1.165) is 4.90 Å². The van der Waals surface area contributed by atoms with Gasteiger partial charge in [0.05, 0.1) is 27.0 Å². The molecular formula is C23H15Cl2N3O7S. The summed E-state index contributed by atoms with van der Waals surface area (Å²) >= 11 is 12.8. The minimum absolute atomic E-state index is 0.0475. The highest BCUT2D eigenvalue weighted by Crippen LogP contribution is 2.36. The number of carbonyl (C=O) groups is 3. The summed E-state index contributed by atoms with van der Waals surface area (Å²) in [5.41, 5.74) is 0.508. The van der Waals surface area contributed by atoms with E-state index in [1.165, 1.54) is 49.6 Å². The van der Waals surface area contributed by atoms with Crippen LogP contribution >= 0.6 is 35.0 Å². The van der Waals surface area contributed by atoms with Crippen LogP contribution in [0.5, 0.6) is 5.75 Å². The van der Waals surface area contributed by atoms with Gasteiger partial charge in [0, 0.05) is 29.5 Å². The van der Waals surface area contributed by atoms with Crippen LogP contribution in [0.2, 0.25) is 10.0 Å². The van der Waals surface area contributed by atoms with Crippen molar-refractivity contribution in [2.45, 2.75) is 0 Å². The maximum atomic E-state index is 12.8. The van der Waals surface area contributed by atoms with Crippen LogP contribution in [0.15, 0.2) is 57.9 Å². The molecule has 2 heterocycles. The predicted molar refractivity (Wildman–Crippen MR) is 135 cm³/mol. The number of thioether (sulfide) groups is 1. The number of benzene rings is 2. The zero-order valence-electron chi connectivity index (χ0n) is 18.3. The van der Waals surface area contributed by atoms with Gasteiger partial charge in [0.15, 0.2) is 0 Å². The fraction of sp³-hybridized carbons (Fsp3) is 0.0870. The molecule has 36 heavy (non-hydrogen) atoms. The molecule has 1 aliphatic rings. The van der Waals surface area contributed by atoms with Gasteiger partial charge in [-0.1, -0.05) is 23.2 Å². The summed E-state index contributed by atoms with van der Waals surface area (Å²) < 4.78 is 10.7. The quantitative estimate of drug-likeness (QED) is 0.221. The molecule has 0 unspecified atom stereocenters. The first-order chi connectivity index (χ1) is 17.2. The van der Waals surface area contributed by atoms with Gasteiger partial charge in [-0.2, -0.15) is 0 Å². The van der Waals surface area contributed by atoms with E-state index in [1.807, 2.05) is 0 Å². The number of nitrogens with zero attached hydrogens (tertiary/aromatic N) is 2. The number of carbonyl (C=O) groups excluding carboxylic acids is 3. The second-order valence-electron chi connectivity index (χ2n) is 7.29.